The molecule has 140 valence electrons. The van der Waals surface area contributed by atoms with Crippen LogP contribution in [0.15, 0.2) is 49.1 Å². The highest BCUT2D eigenvalue weighted by atomic mass is 19.1. The molecule has 0 radical (unpaired) electrons. The van der Waals surface area contributed by atoms with Crippen LogP contribution >= 0.6 is 0 Å². The van der Waals surface area contributed by atoms with E-state index in [-0.39, 0.29) is 24.8 Å². The van der Waals surface area contributed by atoms with Gasteiger partial charge in [0.15, 0.2) is 0 Å². The number of β-amino-alcohol motifs (C(OH)–C–C–N with tert-alkyl or cyclic N) is 1. The molecule has 1 aliphatic rings. The molecule has 0 bridgehead atoms. The summed E-state index contributed by atoms with van der Waals surface area (Å²) in [6.45, 7) is 1.07. The van der Waals surface area contributed by atoms with E-state index < -0.39 is 5.60 Å². The second kappa shape index (κ2) is 6.92. The quantitative estimate of drug-likeness (QED) is 0.747. The SMILES string of the molecule is O=C(c1cnn(-c2ccc(F)cc2)c1)N1CCCC(O)(Cn2ccnn2)C1. The lowest BCUT2D eigenvalue weighted by Crippen LogP contribution is -2.52. The Morgan fingerprint density at radius 1 is 1.30 bits per heavy atom. The fraction of sp³-hybridized carbons (Fsp3) is 0.333. The van der Waals surface area contributed by atoms with Gasteiger partial charge in [-0.2, -0.15) is 5.10 Å². The zero-order valence-electron chi connectivity index (χ0n) is 14.6. The summed E-state index contributed by atoms with van der Waals surface area (Å²) < 4.78 is 16.2. The number of nitrogens with zero attached hydrogens (tertiary/aromatic N) is 6. The van der Waals surface area contributed by atoms with Crippen LogP contribution < -0.4 is 0 Å². The van der Waals surface area contributed by atoms with Crippen molar-refractivity contribution in [3.63, 3.8) is 0 Å². The zero-order valence-corrected chi connectivity index (χ0v) is 14.6. The molecule has 1 N–H and O–H groups in total. The molecule has 1 amide bonds. The highest BCUT2D eigenvalue weighted by molar-refractivity contribution is 5.94. The standard InChI is InChI=1S/C18H19FN6O2/c19-15-2-4-16(5-3-15)25-11-14(10-21-25)17(26)23-8-1-6-18(27,12-23)13-24-9-7-20-22-24/h2-5,7,9-11,27H,1,6,8,12-13H2. The summed E-state index contributed by atoms with van der Waals surface area (Å²) in [7, 11) is 0. The molecule has 3 aromatic rings. The second-order valence-electron chi connectivity index (χ2n) is 6.81. The number of benzene rings is 1. The van der Waals surface area contributed by atoms with Crippen molar-refractivity contribution in [3.8, 4) is 5.69 Å². The molecular weight excluding hydrogens is 351 g/mol. The summed E-state index contributed by atoms with van der Waals surface area (Å²) in [5, 5.41) is 22.7. The Balaban J connectivity index is 1.48. The number of carbonyl (C=O) groups is 1. The van der Waals surface area contributed by atoms with Crippen LogP contribution in [0, 0.1) is 5.82 Å². The lowest BCUT2D eigenvalue weighted by molar-refractivity contribution is -0.0387. The Morgan fingerprint density at radius 3 is 2.85 bits per heavy atom. The first-order chi connectivity index (χ1) is 13.0. The molecule has 1 aliphatic heterocycles. The Kier molecular flexibility index (Phi) is 4.44. The Labute approximate surface area is 154 Å². The number of halogens is 1. The van der Waals surface area contributed by atoms with Crippen LogP contribution in [-0.2, 0) is 6.54 Å². The number of aliphatic hydroxyl groups is 1. The highest BCUT2D eigenvalue weighted by Crippen LogP contribution is 2.24. The fourth-order valence-corrected chi connectivity index (χ4v) is 3.38. The Bertz CT molecular complexity index is 924. The lowest BCUT2D eigenvalue weighted by atomic mass is 9.92. The maximum atomic E-state index is 13.1. The van der Waals surface area contributed by atoms with Gasteiger partial charge in [0.25, 0.3) is 5.91 Å². The van der Waals surface area contributed by atoms with Crippen molar-refractivity contribution >= 4 is 5.91 Å². The first-order valence-electron chi connectivity index (χ1n) is 8.69. The molecule has 0 aliphatic carbocycles. The van der Waals surface area contributed by atoms with Gasteiger partial charge in [-0.05, 0) is 37.1 Å². The summed E-state index contributed by atoms with van der Waals surface area (Å²) in [4.78, 5) is 14.5. The van der Waals surface area contributed by atoms with Gasteiger partial charge >= 0.3 is 0 Å². The monoisotopic (exact) mass is 370 g/mol. The van der Waals surface area contributed by atoms with Crippen molar-refractivity contribution in [3.05, 3.63) is 60.4 Å². The largest absolute Gasteiger partial charge is 0.386 e. The van der Waals surface area contributed by atoms with Gasteiger partial charge < -0.3 is 10.0 Å². The number of hydrogen-bond acceptors (Lipinski definition) is 5. The molecule has 3 heterocycles. The summed E-state index contributed by atoms with van der Waals surface area (Å²) in [5.74, 6) is -0.526. The van der Waals surface area contributed by atoms with E-state index in [4.69, 9.17) is 0 Å². The molecule has 1 fully saturated rings. The maximum absolute atomic E-state index is 13.1. The van der Waals surface area contributed by atoms with Gasteiger partial charge in [0.1, 0.15) is 11.4 Å². The fourth-order valence-electron chi connectivity index (χ4n) is 3.38. The molecule has 9 heteroatoms. The van der Waals surface area contributed by atoms with Crippen LogP contribution in [0.2, 0.25) is 0 Å². The smallest absolute Gasteiger partial charge is 0.257 e. The van der Waals surface area contributed by atoms with Gasteiger partial charge in [-0.25, -0.2) is 13.8 Å². The Morgan fingerprint density at radius 2 is 2.11 bits per heavy atom. The number of likely N-dealkylation sites (tertiary alicyclic amines) is 1. The van der Waals surface area contributed by atoms with E-state index in [9.17, 15) is 14.3 Å². The van der Waals surface area contributed by atoms with E-state index >= 15 is 0 Å². The number of rotatable bonds is 4. The molecule has 27 heavy (non-hydrogen) atoms. The number of piperidine rings is 1. The molecule has 0 saturated carbocycles. The molecule has 1 unspecified atom stereocenters. The van der Waals surface area contributed by atoms with Crippen molar-refractivity contribution in [1.29, 1.82) is 0 Å². The van der Waals surface area contributed by atoms with E-state index in [1.807, 2.05) is 0 Å². The van der Waals surface area contributed by atoms with Crippen LogP contribution in [0.5, 0.6) is 0 Å². The molecule has 2 aromatic heterocycles. The van der Waals surface area contributed by atoms with Crippen molar-refractivity contribution in [1.82, 2.24) is 29.7 Å². The number of carbonyl (C=O) groups excluding carboxylic acids is 1. The average molecular weight is 370 g/mol. The summed E-state index contributed by atoms with van der Waals surface area (Å²) >= 11 is 0. The van der Waals surface area contributed by atoms with E-state index in [0.29, 0.717) is 30.6 Å². The first-order valence-corrected chi connectivity index (χ1v) is 8.69. The predicted octanol–water partition coefficient (Wildman–Crippen LogP) is 1.27. The molecule has 1 aromatic carbocycles. The minimum Gasteiger partial charge on any atom is -0.386 e. The molecule has 0 spiro atoms. The van der Waals surface area contributed by atoms with Gasteiger partial charge in [0.2, 0.25) is 0 Å². The van der Waals surface area contributed by atoms with Gasteiger partial charge in [-0.3, -0.25) is 4.79 Å². The zero-order chi connectivity index (χ0) is 18.9. The van der Waals surface area contributed by atoms with Crippen molar-refractivity contribution in [2.45, 2.75) is 25.0 Å². The summed E-state index contributed by atoms with van der Waals surface area (Å²) in [6, 6.07) is 5.86. The van der Waals surface area contributed by atoms with Crippen LogP contribution in [0.3, 0.4) is 0 Å². The van der Waals surface area contributed by atoms with Crippen LogP contribution in [-0.4, -0.2) is 59.4 Å². The molecular formula is C18H19FN6O2. The van der Waals surface area contributed by atoms with Crippen molar-refractivity contribution in [2.75, 3.05) is 13.1 Å². The number of aromatic nitrogens is 5. The van der Waals surface area contributed by atoms with Gasteiger partial charge in [0, 0.05) is 18.9 Å². The molecule has 4 rings (SSSR count). The van der Waals surface area contributed by atoms with Crippen LogP contribution in [0.25, 0.3) is 5.69 Å². The third-order valence-electron chi connectivity index (χ3n) is 4.69. The van der Waals surface area contributed by atoms with E-state index in [1.54, 1.807) is 40.3 Å². The third-order valence-corrected chi connectivity index (χ3v) is 4.69. The van der Waals surface area contributed by atoms with E-state index in [1.165, 1.54) is 23.0 Å². The predicted molar refractivity (Wildman–Crippen MR) is 93.6 cm³/mol. The first kappa shape index (κ1) is 17.3. The van der Waals surface area contributed by atoms with Gasteiger partial charge in [-0.15, -0.1) is 5.10 Å². The van der Waals surface area contributed by atoms with Crippen molar-refractivity contribution in [2.24, 2.45) is 0 Å². The highest BCUT2D eigenvalue weighted by Gasteiger charge is 2.36. The maximum Gasteiger partial charge on any atom is 0.257 e. The third kappa shape index (κ3) is 3.72. The summed E-state index contributed by atoms with van der Waals surface area (Å²) in [6.07, 6.45) is 7.62. The summed E-state index contributed by atoms with van der Waals surface area (Å²) in [5.41, 5.74) is 0.0373. The lowest BCUT2D eigenvalue weighted by Gasteiger charge is -2.38. The topological polar surface area (TPSA) is 89.1 Å². The number of hydrogen-bond donors (Lipinski definition) is 1. The minimum atomic E-state index is -1.05. The van der Waals surface area contributed by atoms with Crippen LogP contribution in [0.4, 0.5) is 4.39 Å². The normalized spacial score (nSPS) is 20.0. The minimum absolute atomic E-state index is 0.194. The van der Waals surface area contributed by atoms with E-state index in [0.717, 1.165) is 0 Å². The van der Waals surface area contributed by atoms with Crippen molar-refractivity contribution < 1.29 is 14.3 Å². The molecule has 1 saturated heterocycles. The van der Waals surface area contributed by atoms with Gasteiger partial charge in [-0.1, -0.05) is 5.21 Å². The second-order valence-corrected chi connectivity index (χ2v) is 6.81. The Hall–Kier alpha value is -3.07. The molecule has 8 nitrogen and oxygen atoms in total. The van der Waals surface area contributed by atoms with Gasteiger partial charge in [0.05, 0.1) is 36.7 Å². The van der Waals surface area contributed by atoms with Crippen LogP contribution in [0.1, 0.15) is 23.2 Å². The average Bonchev–Trinajstić information content (AvgIpc) is 3.33. The molecule has 1 atom stereocenters. The van der Waals surface area contributed by atoms with E-state index in [2.05, 4.69) is 15.4 Å². The number of amides is 1.